The highest BCUT2D eigenvalue weighted by atomic mass is 35.5. The lowest BCUT2D eigenvalue weighted by molar-refractivity contribution is 0.282. The highest BCUT2D eigenvalue weighted by molar-refractivity contribution is 6.30. The van der Waals surface area contributed by atoms with E-state index in [0.717, 1.165) is 42.0 Å². The predicted octanol–water partition coefficient (Wildman–Crippen LogP) is 1.77. The Morgan fingerprint density at radius 3 is 2.60 bits per heavy atom. The minimum Gasteiger partial charge on any atom is -0.392 e. The first kappa shape index (κ1) is 13.1. The molecule has 104 valence electrons. The Balaban J connectivity index is 1.84. The van der Waals surface area contributed by atoms with E-state index in [9.17, 15) is 0 Å². The van der Waals surface area contributed by atoms with E-state index in [4.69, 9.17) is 22.4 Å². The van der Waals surface area contributed by atoms with Gasteiger partial charge in [-0.1, -0.05) is 35.9 Å². The van der Waals surface area contributed by atoms with Crippen LogP contribution in [0.4, 0.5) is 11.8 Å². The molecule has 1 aliphatic heterocycles. The van der Waals surface area contributed by atoms with E-state index in [-0.39, 0.29) is 12.6 Å². The molecule has 6 heteroatoms. The van der Waals surface area contributed by atoms with E-state index in [1.165, 1.54) is 0 Å². The number of rotatable bonds is 3. The van der Waals surface area contributed by atoms with Gasteiger partial charge >= 0.3 is 0 Å². The molecule has 0 spiro atoms. The quantitative estimate of drug-likeness (QED) is 0.843. The lowest BCUT2D eigenvalue weighted by Gasteiger charge is -2.18. The highest BCUT2D eigenvalue weighted by Gasteiger charge is 2.24. The van der Waals surface area contributed by atoms with Crippen LogP contribution in [0.25, 0.3) is 0 Å². The maximum Gasteiger partial charge on any atom is 0.223 e. The van der Waals surface area contributed by atoms with Crippen LogP contribution in [0.1, 0.15) is 16.7 Å². The van der Waals surface area contributed by atoms with E-state index >= 15 is 0 Å². The Kier molecular flexibility index (Phi) is 3.46. The Morgan fingerprint density at radius 1 is 1.20 bits per heavy atom. The number of nitrogens with two attached hydrogens (primary N) is 1. The van der Waals surface area contributed by atoms with Crippen LogP contribution in [0.5, 0.6) is 0 Å². The molecule has 0 radical (unpaired) electrons. The molecule has 0 bridgehead atoms. The second-order valence-corrected chi connectivity index (χ2v) is 5.18. The van der Waals surface area contributed by atoms with Gasteiger partial charge in [-0.25, -0.2) is 4.98 Å². The van der Waals surface area contributed by atoms with E-state index in [2.05, 4.69) is 14.9 Å². The highest BCUT2D eigenvalue weighted by Crippen LogP contribution is 2.32. The molecule has 0 saturated heterocycles. The Hall–Kier alpha value is -1.85. The van der Waals surface area contributed by atoms with E-state index in [1.54, 1.807) is 0 Å². The topological polar surface area (TPSA) is 75.3 Å². The molecule has 1 aliphatic rings. The van der Waals surface area contributed by atoms with Crippen molar-refractivity contribution in [2.45, 2.75) is 19.6 Å². The van der Waals surface area contributed by atoms with Crippen molar-refractivity contribution in [2.75, 3.05) is 17.2 Å². The average Bonchev–Trinajstić information content (AvgIpc) is 2.83. The van der Waals surface area contributed by atoms with Crippen molar-refractivity contribution in [1.29, 1.82) is 0 Å². The third kappa shape index (κ3) is 2.42. The zero-order valence-electron chi connectivity index (χ0n) is 10.9. The third-order valence-electron chi connectivity index (χ3n) is 3.46. The molecule has 3 rings (SSSR count). The lowest BCUT2D eigenvalue weighted by Crippen LogP contribution is -2.20. The van der Waals surface area contributed by atoms with Gasteiger partial charge < -0.3 is 15.7 Å². The number of fused-ring (bicyclic) bond motifs is 1. The largest absolute Gasteiger partial charge is 0.392 e. The molecule has 5 nitrogen and oxygen atoms in total. The number of halogens is 1. The number of anilines is 2. The number of hydrogen-bond donors (Lipinski definition) is 2. The van der Waals surface area contributed by atoms with Crippen molar-refractivity contribution in [2.24, 2.45) is 0 Å². The summed E-state index contributed by atoms with van der Waals surface area (Å²) in [6.07, 6.45) is 0.836. The minimum atomic E-state index is 0.0617. The number of nitrogens with zero attached hydrogens (tertiary/aromatic N) is 3. The second-order valence-electron chi connectivity index (χ2n) is 4.82. The van der Waals surface area contributed by atoms with E-state index in [1.807, 2.05) is 24.3 Å². The first-order valence-electron chi connectivity index (χ1n) is 6.43. The summed E-state index contributed by atoms with van der Waals surface area (Å²) in [7, 11) is 0. The smallest absolute Gasteiger partial charge is 0.223 e. The van der Waals surface area contributed by atoms with Crippen molar-refractivity contribution >= 4 is 23.4 Å². The van der Waals surface area contributed by atoms with Crippen molar-refractivity contribution in [3.05, 3.63) is 46.1 Å². The molecule has 0 saturated carbocycles. The van der Waals surface area contributed by atoms with Gasteiger partial charge in [0, 0.05) is 18.7 Å². The van der Waals surface area contributed by atoms with Crippen LogP contribution >= 0.6 is 11.6 Å². The van der Waals surface area contributed by atoms with Gasteiger partial charge in [0.2, 0.25) is 5.95 Å². The second kappa shape index (κ2) is 5.26. The Labute approximate surface area is 122 Å². The van der Waals surface area contributed by atoms with Gasteiger partial charge in [-0.05, 0) is 17.5 Å². The summed E-state index contributed by atoms with van der Waals surface area (Å²) in [6.45, 7) is 1.66. The minimum absolute atomic E-state index is 0.0617. The van der Waals surface area contributed by atoms with Crippen molar-refractivity contribution in [3.8, 4) is 0 Å². The van der Waals surface area contributed by atoms with Gasteiger partial charge in [0.15, 0.2) is 0 Å². The molecule has 0 atom stereocenters. The first-order chi connectivity index (χ1) is 9.67. The number of aliphatic hydroxyl groups excluding tert-OH is 1. The number of aliphatic hydroxyl groups is 1. The van der Waals surface area contributed by atoms with Crippen molar-refractivity contribution in [3.63, 3.8) is 0 Å². The number of aromatic nitrogens is 2. The summed E-state index contributed by atoms with van der Waals surface area (Å²) in [6, 6.07) is 7.87. The van der Waals surface area contributed by atoms with Crippen LogP contribution in [-0.2, 0) is 19.6 Å². The number of nitrogen functional groups attached to an aromatic ring is 1. The van der Waals surface area contributed by atoms with Crippen LogP contribution < -0.4 is 10.6 Å². The summed E-state index contributed by atoms with van der Waals surface area (Å²) < 4.78 is 0. The standard InChI is InChI=1S/C14H15ClN4O/c15-12-11-5-6-19(13(11)18-14(16)17-12)7-9-1-3-10(8-20)4-2-9/h1-4,20H,5-8H2,(H2,16,17,18). The van der Waals surface area contributed by atoms with Crippen molar-refractivity contribution in [1.82, 2.24) is 9.97 Å². The van der Waals surface area contributed by atoms with Gasteiger partial charge in [0.1, 0.15) is 11.0 Å². The van der Waals surface area contributed by atoms with Crippen LogP contribution in [0.3, 0.4) is 0 Å². The van der Waals surface area contributed by atoms with Gasteiger partial charge in [-0.3, -0.25) is 0 Å². The summed E-state index contributed by atoms with van der Waals surface area (Å²) in [5.74, 6) is 1.03. The molecule has 0 amide bonds. The predicted molar refractivity (Wildman–Crippen MR) is 78.6 cm³/mol. The molecule has 2 heterocycles. The molecule has 1 aromatic heterocycles. The van der Waals surface area contributed by atoms with Gasteiger partial charge in [0.05, 0.1) is 6.61 Å². The summed E-state index contributed by atoms with van der Waals surface area (Å²) in [4.78, 5) is 10.4. The maximum atomic E-state index is 9.05. The molecule has 0 fully saturated rings. The summed E-state index contributed by atoms with van der Waals surface area (Å²) in [5.41, 5.74) is 8.69. The fourth-order valence-electron chi connectivity index (χ4n) is 2.41. The first-order valence-corrected chi connectivity index (χ1v) is 6.80. The van der Waals surface area contributed by atoms with E-state index in [0.29, 0.717) is 5.15 Å². The zero-order chi connectivity index (χ0) is 14.1. The molecule has 0 unspecified atom stereocenters. The third-order valence-corrected chi connectivity index (χ3v) is 3.77. The number of hydrogen-bond acceptors (Lipinski definition) is 5. The monoisotopic (exact) mass is 290 g/mol. The van der Waals surface area contributed by atoms with Gasteiger partial charge in [-0.2, -0.15) is 4.98 Å². The van der Waals surface area contributed by atoms with Gasteiger partial charge in [-0.15, -0.1) is 0 Å². The van der Waals surface area contributed by atoms with Crippen LogP contribution in [0, 0.1) is 0 Å². The Bertz CT molecular complexity index is 630. The Morgan fingerprint density at radius 2 is 1.90 bits per heavy atom. The van der Waals surface area contributed by atoms with Gasteiger partial charge in [0.25, 0.3) is 0 Å². The lowest BCUT2D eigenvalue weighted by atomic mass is 10.1. The summed E-state index contributed by atoms with van der Waals surface area (Å²) >= 11 is 6.10. The molecule has 2 aromatic rings. The molecular formula is C14H15ClN4O. The molecule has 1 aromatic carbocycles. The SMILES string of the molecule is Nc1nc(Cl)c2c(n1)N(Cc1ccc(CO)cc1)CC2. The normalized spacial score (nSPS) is 13.6. The zero-order valence-corrected chi connectivity index (χ0v) is 11.6. The van der Waals surface area contributed by atoms with Crippen LogP contribution in [0.15, 0.2) is 24.3 Å². The molecule has 3 N–H and O–H groups in total. The van der Waals surface area contributed by atoms with Crippen LogP contribution in [0.2, 0.25) is 5.15 Å². The fourth-order valence-corrected chi connectivity index (χ4v) is 2.68. The summed E-state index contributed by atoms with van der Waals surface area (Å²) in [5, 5.41) is 9.50. The number of benzene rings is 1. The van der Waals surface area contributed by atoms with E-state index < -0.39 is 0 Å². The fraction of sp³-hybridized carbons (Fsp3) is 0.286. The molecule has 20 heavy (non-hydrogen) atoms. The maximum absolute atomic E-state index is 9.05. The molecule has 0 aliphatic carbocycles. The van der Waals surface area contributed by atoms with Crippen molar-refractivity contribution < 1.29 is 5.11 Å². The molecular weight excluding hydrogens is 276 g/mol. The van der Waals surface area contributed by atoms with Crippen LogP contribution in [-0.4, -0.2) is 21.6 Å². The average molecular weight is 291 g/mol.